The Morgan fingerprint density at radius 2 is 2.44 bits per heavy atom. The van der Waals surface area contributed by atoms with Gasteiger partial charge in [-0.05, 0) is 6.92 Å². The van der Waals surface area contributed by atoms with Gasteiger partial charge in [-0.25, -0.2) is 4.98 Å². The first-order valence-corrected chi connectivity index (χ1v) is 2.45. The number of nitrogens with zero attached hydrogens (tertiary/aromatic N) is 2. The third-order valence-electron chi connectivity index (χ3n) is 0.862. The molecule has 0 spiro atoms. The van der Waals surface area contributed by atoms with E-state index in [1.165, 1.54) is 12.4 Å². The van der Waals surface area contributed by atoms with Crippen molar-refractivity contribution in [2.24, 2.45) is 0 Å². The highest BCUT2D eigenvalue weighted by Crippen LogP contribution is 2.00. The number of hydrogen-bond acceptors (Lipinski definition) is 3. The van der Waals surface area contributed by atoms with Gasteiger partial charge in [-0.2, -0.15) is 0 Å². The first kappa shape index (κ1) is 3.15. The van der Waals surface area contributed by atoms with Gasteiger partial charge < -0.3 is 4.74 Å². The molecule has 0 radical (unpaired) electrons. The Morgan fingerprint density at radius 3 is 3.00 bits per heavy atom. The van der Waals surface area contributed by atoms with Crippen molar-refractivity contribution in [3.8, 4) is 5.88 Å². The summed E-state index contributed by atoms with van der Waals surface area (Å²) >= 11 is 0. The van der Waals surface area contributed by atoms with Crippen LogP contribution < -0.4 is 4.74 Å². The van der Waals surface area contributed by atoms with Crippen LogP contribution in [0.3, 0.4) is 0 Å². The maximum absolute atomic E-state index is 6.77. The van der Waals surface area contributed by atoms with Gasteiger partial charge in [-0.15, -0.1) is 0 Å². The molecule has 0 saturated heterocycles. The van der Waals surface area contributed by atoms with Gasteiger partial charge in [0.15, 0.2) is 0 Å². The van der Waals surface area contributed by atoms with Crippen LogP contribution in [-0.2, 0) is 0 Å². The average Bonchev–Trinajstić information content (AvgIpc) is 1.91. The largest absolute Gasteiger partial charge is 0.480 e. The van der Waals surface area contributed by atoms with E-state index in [0.717, 1.165) is 0 Å². The van der Waals surface area contributed by atoms with Gasteiger partial charge in [0.2, 0.25) is 5.88 Å². The standard InChI is InChI=1S/C6H8N2O/c1-5-3-8-6(9-2)4-7-5/h3-4H,1-2H3/i2D3. The highest BCUT2D eigenvalue weighted by Gasteiger charge is 1.88. The average molecular weight is 127 g/mol. The number of ether oxygens (including phenoxy) is 1. The molecule has 1 rings (SSSR count). The molecule has 0 unspecified atom stereocenters. The molecule has 3 heteroatoms. The molecule has 0 aliphatic carbocycles. The number of hydrogen-bond donors (Lipinski definition) is 0. The minimum absolute atomic E-state index is 0.0144. The number of aryl methyl sites for hydroxylation is 1. The second kappa shape index (κ2) is 2.44. The Hall–Kier alpha value is -1.12. The highest BCUT2D eigenvalue weighted by atomic mass is 16.5. The van der Waals surface area contributed by atoms with E-state index in [-0.39, 0.29) is 5.88 Å². The highest BCUT2D eigenvalue weighted by molar-refractivity contribution is 5.05. The van der Waals surface area contributed by atoms with Crippen molar-refractivity contribution in [2.75, 3.05) is 7.04 Å². The monoisotopic (exact) mass is 127 g/mol. The molecule has 3 nitrogen and oxygen atoms in total. The quantitative estimate of drug-likeness (QED) is 0.559. The van der Waals surface area contributed by atoms with Crippen LogP contribution in [-0.4, -0.2) is 17.0 Å². The zero-order valence-corrected chi connectivity index (χ0v) is 4.96. The van der Waals surface area contributed by atoms with Crippen molar-refractivity contribution in [1.82, 2.24) is 9.97 Å². The molecule has 0 aliphatic heterocycles. The predicted molar refractivity (Wildman–Crippen MR) is 33.3 cm³/mol. The summed E-state index contributed by atoms with van der Waals surface area (Å²) in [5.41, 5.74) is 0.716. The van der Waals surface area contributed by atoms with Crippen LogP contribution in [0.25, 0.3) is 0 Å². The van der Waals surface area contributed by atoms with E-state index in [0.29, 0.717) is 5.69 Å². The molecule has 0 fully saturated rings. The lowest BCUT2D eigenvalue weighted by Gasteiger charge is -1.94. The molecule has 1 aromatic heterocycles. The van der Waals surface area contributed by atoms with E-state index in [4.69, 9.17) is 4.11 Å². The van der Waals surface area contributed by atoms with Crippen LogP contribution in [0.4, 0.5) is 0 Å². The van der Waals surface area contributed by atoms with Crippen LogP contribution in [0.1, 0.15) is 9.81 Å². The molecule has 1 aromatic rings. The van der Waals surface area contributed by atoms with Gasteiger partial charge in [0, 0.05) is 0 Å². The Morgan fingerprint density at radius 1 is 1.56 bits per heavy atom. The van der Waals surface area contributed by atoms with E-state index < -0.39 is 7.04 Å². The summed E-state index contributed by atoms with van der Waals surface area (Å²) in [5, 5.41) is 0. The maximum Gasteiger partial charge on any atom is 0.231 e. The fraction of sp³-hybridized carbons (Fsp3) is 0.333. The number of rotatable bonds is 1. The van der Waals surface area contributed by atoms with Crippen molar-refractivity contribution in [2.45, 2.75) is 6.92 Å². The molecule has 9 heavy (non-hydrogen) atoms. The van der Waals surface area contributed by atoms with Crippen LogP contribution in [0.5, 0.6) is 5.88 Å². The molecule has 0 aromatic carbocycles. The smallest absolute Gasteiger partial charge is 0.231 e. The van der Waals surface area contributed by atoms with Crippen LogP contribution in [0, 0.1) is 6.92 Å². The lowest BCUT2D eigenvalue weighted by molar-refractivity contribution is 0.395. The van der Waals surface area contributed by atoms with Gasteiger partial charge in [0.25, 0.3) is 0 Å². The van der Waals surface area contributed by atoms with E-state index >= 15 is 0 Å². The lowest BCUT2D eigenvalue weighted by atomic mass is 10.5. The molecule has 0 N–H and O–H groups in total. The molecule has 0 atom stereocenters. The summed E-state index contributed by atoms with van der Waals surface area (Å²) in [6, 6.07) is 0. The molecule has 48 valence electrons. The Bertz CT molecular complexity index is 256. The maximum atomic E-state index is 6.77. The minimum atomic E-state index is -2.45. The second-order valence-corrected chi connectivity index (χ2v) is 1.60. The Balaban J connectivity index is 2.71. The summed E-state index contributed by atoms with van der Waals surface area (Å²) in [5.74, 6) is 0.0144. The number of aromatic nitrogens is 2. The molecular formula is C6H8N2O. The fourth-order valence-electron chi connectivity index (χ4n) is 0.433. The zero-order valence-electron chi connectivity index (χ0n) is 7.96. The van der Waals surface area contributed by atoms with E-state index in [1.807, 2.05) is 0 Å². The van der Waals surface area contributed by atoms with E-state index in [9.17, 15) is 0 Å². The first-order valence-electron chi connectivity index (χ1n) is 3.95. The molecule has 0 bridgehead atoms. The third kappa shape index (κ3) is 1.38. The summed E-state index contributed by atoms with van der Waals surface area (Å²) < 4.78 is 24.8. The Kier molecular flexibility index (Phi) is 0.853. The van der Waals surface area contributed by atoms with E-state index in [1.54, 1.807) is 6.92 Å². The van der Waals surface area contributed by atoms with Gasteiger partial charge >= 0.3 is 0 Å². The van der Waals surface area contributed by atoms with Crippen LogP contribution in [0.2, 0.25) is 0 Å². The summed E-state index contributed by atoms with van der Waals surface area (Å²) in [6.07, 6.45) is 2.72. The van der Waals surface area contributed by atoms with Gasteiger partial charge in [-0.3, -0.25) is 4.98 Å². The predicted octanol–water partition coefficient (Wildman–Crippen LogP) is 0.794. The minimum Gasteiger partial charge on any atom is -0.480 e. The SMILES string of the molecule is [2H]C([2H])([2H])Oc1cnc(C)cn1. The fourth-order valence-corrected chi connectivity index (χ4v) is 0.433. The van der Waals surface area contributed by atoms with E-state index in [2.05, 4.69) is 14.7 Å². The number of methoxy groups -OCH3 is 1. The normalized spacial score (nSPS) is 15.4. The van der Waals surface area contributed by atoms with Crippen molar-refractivity contribution in [3.63, 3.8) is 0 Å². The Labute approximate surface area is 57.9 Å². The molecule has 0 aliphatic rings. The van der Waals surface area contributed by atoms with Gasteiger partial charge in [0.1, 0.15) is 0 Å². The molecule has 0 amide bonds. The molecular weight excluding hydrogens is 116 g/mol. The first-order chi connectivity index (χ1) is 5.47. The van der Waals surface area contributed by atoms with Gasteiger partial charge in [0.05, 0.1) is 29.2 Å². The van der Waals surface area contributed by atoms with Crippen molar-refractivity contribution < 1.29 is 8.85 Å². The third-order valence-corrected chi connectivity index (χ3v) is 0.862. The second-order valence-electron chi connectivity index (χ2n) is 1.60. The van der Waals surface area contributed by atoms with Gasteiger partial charge in [-0.1, -0.05) is 0 Å². The summed E-state index contributed by atoms with van der Waals surface area (Å²) in [7, 11) is -2.45. The zero-order chi connectivity index (χ0) is 9.19. The summed E-state index contributed by atoms with van der Waals surface area (Å²) in [4.78, 5) is 7.54. The lowest BCUT2D eigenvalue weighted by Crippen LogP contribution is -1.88. The van der Waals surface area contributed by atoms with Crippen molar-refractivity contribution >= 4 is 0 Å². The van der Waals surface area contributed by atoms with Crippen LogP contribution >= 0.6 is 0 Å². The van der Waals surface area contributed by atoms with Crippen molar-refractivity contribution in [3.05, 3.63) is 18.1 Å². The molecule has 1 heterocycles. The van der Waals surface area contributed by atoms with Crippen molar-refractivity contribution in [1.29, 1.82) is 0 Å². The topological polar surface area (TPSA) is 35.0 Å². The van der Waals surface area contributed by atoms with Crippen LogP contribution in [0.15, 0.2) is 12.4 Å². The summed E-state index contributed by atoms with van der Waals surface area (Å²) in [6.45, 7) is 1.76. The molecule has 0 saturated carbocycles.